The summed E-state index contributed by atoms with van der Waals surface area (Å²) in [6.45, 7) is 0.272. The van der Waals surface area contributed by atoms with E-state index in [0.717, 1.165) is 5.56 Å². The third-order valence-corrected chi connectivity index (χ3v) is 4.64. The molecule has 0 spiro atoms. The maximum Gasteiger partial charge on any atom is 0.258 e. The number of nitrogens with zero attached hydrogens (tertiary/aromatic N) is 1. The third-order valence-electron chi connectivity index (χ3n) is 4.41. The van der Waals surface area contributed by atoms with Crippen LogP contribution in [0.4, 0.5) is 11.5 Å². The molecule has 0 bridgehead atoms. The van der Waals surface area contributed by atoms with E-state index in [1.807, 2.05) is 24.3 Å². The molecule has 0 saturated carbocycles. The Balaban J connectivity index is 1.52. The number of amides is 2. The van der Waals surface area contributed by atoms with Crippen LogP contribution in [0.15, 0.2) is 66.9 Å². The van der Waals surface area contributed by atoms with Crippen molar-refractivity contribution in [3.8, 4) is 5.75 Å². The maximum absolute atomic E-state index is 12.8. The summed E-state index contributed by atoms with van der Waals surface area (Å²) in [6.07, 6.45) is 1.45. The number of carbonyl (C=O) groups is 2. The van der Waals surface area contributed by atoms with E-state index >= 15 is 0 Å². The van der Waals surface area contributed by atoms with Gasteiger partial charge in [-0.15, -0.1) is 0 Å². The molecule has 1 aliphatic heterocycles. The fraction of sp³-hybridized carbons (Fsp3) is 0.0952. The summed E-state index contributed by atoms with van der Waals surface area (Å²) in [5.74, 6) is 0.0463. The van der Waals surface area contributed by atoms with Crippen molar-refractivity contribution < 1.29 is 14.3 Å². The van der Waals surface area contributed by atoms with Gasteiger partial charge < -0.3 is 15.4 Å². The highest BCUT2D eigenvalue weighted by Crippen LogP contribution is 2.34. The molecule has 1 aromatic heterocycles. The van der Waals surface area contributed by atoms with E-state index in [1.54, 1.807) is 36.4 Å². The molecule has 2 heterocycles. The number of ether oxygens (including phenoxy) is 1. The van der Waals surface area contributed by atoms with Crippen LogP contribution in [0, 0.1) is 0 Å². The monoisotopic (exact) mass is 393 g/mol. The first-order valence-electron chi connectivity index (χ1n) is 8.66. The van der Waals surface area contributed by atoms with Crippen LogP contribution in [0.5, 0.6) is 5.75 Å². The van der Waals surface area contributed by atoms with Crippen molar-refractivity contribution in [3.63, 3.8) is 0 Å². The Hall–Kier alpha value is -3.38. The molecule has 2 amide bonds. The van der Waals surface area contributed by atoms with Gasteiger partial charge in [-0.1, -0.05) is 41.9 Å². The number of fused-ring (bicyclic) bond motifs is 1. The van der Waals surface area contributed by atoms with E-state index in [2.05, 4.69) is 15.6 Å². The van der Waals surface area contributed by atoms with Gasteiger partial charge in [0.25, 0.3) is 5.91 Å². The van der Waals surface area contributed by atoms with Gasteiger partial charge in [-0.25, -0.2) is 4.98 Å². The van der Waals surface area contributed by atoms with E-state index in [1.165, 1.54) is 6.20 Å². The Morgan fingerprint density at radius 3 is 2.61 bits per heavy atom. The lowest BCUT2D eigenvalue weighted by Gasteiger charge is -2.14. The summed E-state index contributed by atoms with van der Waals surface area (Å²) in [5, 5.41) is 6.02. The molecule has 28 heavy (non-hydrogen) atoms. The van der Waals surface area contributed by atoms with Crippen LogP contribution in [-0.2, 0) is 4.79 Å². The van der Waals surface area contributed by atoms with Gasteiger partial charge >= 0.3 is 0 Å². The molecular weight excluding hydrogens is 378 g/mol. The molecule has 0 aliphatic carbocycles. The molecule has 1 unspecified atom stereocenters. The first kappa shape index (κ1) is 18.0. The maximum atomic E-state index is 12.8. The summed E-state index contributed by atoms with van der Waals surface area (Å²) in [7, 11) is 0. The Labute approximate surface area is 166 Å². The number of benzene rings is 2. The van der Waals surface area contributed by atoms with Gasteiger partial charge in [0.05, 0.1) is 16.3 Å². The number of para-hydroxylation sites is 2. The minimum Gasteiger partial charge on any atom is -0.492 e. The van der Waals surface area contributed by atoms with Crippen LogP contribution < -0.4 is 15.4 Å². The number of aromatic nitrogens is 1. The quantitative estimate of drug-likeness (QED) is 0.699. The summed E-state index contributed by atoms with van der Waals surface area (Å²) < 4.78 is 5.58. The predicted molar refractivity (Wildman–Crippen MR) is 107 cm³/mol. The van der Waals surface area contributed by atoms with Gasteiger partial charge in [-0.05, 0) is 30.3 Å². The number of hydrogen-bond donors (Lipinski definition) is 2. The number of hydrogen-bond acceptors (Lipinski definition) is 4. The Morgan fingerprint density at radius 2 is 1.79 bits per heavy atom. The molecule has 0 fully saturated rings. The second-order valence-electron chi connectivity index (χ2n) is 6.25. The van der Waals surface area contributed by atoms with Crippen molar-refractivity contribution in [3.05, 3.63) is 83.0 Å². The normalized spacial score (nSPS) is 14.7. The van der Waals surface area contributed by atoms with E-state index in [4.69, 9.17) is 16.3 Å². The van der Waals surface area contributed by atoms with Gasteiger partial charge in [-0.2, -0.15) is 0 Å². The van der Waals surface area contributed by atoms with Crippen LogP contribution in [0.3, 0.4) is 0 Å². The predicted octanol–water partition coefficient (Wildman–Crippen LogP) is 4.10. The van der Waals surface area contributed by atoms with Gasteiger partial charge in [0.15, 0.2) is 0 Å². The van der Waals surface area contributed by atoms with Crippen molar-refractivity contribution in [2.75, 3.05) is 17.2 Å². The molecule has 0 saturated heterocycles. The highest BCUT2D eigenvalue weighted by atomic mass is 35.5. The molecule has 1 atom stereocenters. The molecule has 2 aromatic carbocycles. The molecule has 4 rings (SSSR count). The molecule has 7 heteroatoms. The first-order chi connectivity index (χ1) is 13.6. The minimum absolute atomic E-state index is 0.227. The number of pyridine rings is 1. The van der Waals surface area contributed by atoms with Crippen molar-refractivity contribution in [2.45, 2.75) is 5.92 Å². The van der Waals surface area contributed by atoms with Crippen molar-refractivity contribution in [2.24, 2.45) is 0 Å². The second-order valence-corrected chi connectivity index (χ2v) is 6.69. The fourth-order valence-corrected chi connectivity index (χ4v) is 3.13. The smallest absolute Gasteiger partial charge is 0.258 e. The second kappa shape index (κ2) is 7.70. The van der Waals surface area contributed by atoms with Crippen LogP contribution in [0.25, 0.3) is 0 Å². The summed E-state index contributed by atoms with van der Waals surface area (Å²) in [5.41, 5.74) is 1.59. The van der Waals surface area contributed by atoms with Gasteiger partial charge in [0.2, 0.25) is 5.91 Å². The standard InChI is InChI=1S/C21H16ClN3O3/c22-13-9-10-19(23-11-13)25-20(26)15-6-1-3-7-17(15)24-21(27)16-12-28-18-8-4-2-5-14(16)18/h1-11,16H,12H2,(H,24,27)(H,23,25,26). The van der Waals surface area contributed by atoms with Crippen molar-refractivity contribution in [1.82, 2.24) is 4.98 Å². The third kappa shape index (κ3) is 3.68. The fourth-order valence-electron chi connectivity index (χ4n) is 3.02. The minimum atomic E-state index is -0.426. The number of anilines is 2. The largest absolute Gasteiger partial charge is 0.492 e. The average Bonchev–Trinajstić information content (AvgIpc) is 3.14. The van der Waals surface area contributed by atoms with E-state index < -0.39 is 5.92 Å². The lowest BCUT2D eigenvalue weighted by molar-refractivity contribution is -0.117. The highest BCUT2D eigenvalue weighted by Gasteiger charge is 2.30. The summed E-state index contributed by atoms with van der Waals surface area (Å²) in [6, 6.07) is 17.5. The Morgan fingerprint density at radius 1 is 1.00 bits per heavy atom. The Kier molecular flexibility index (Phi) is 4.95. The SMILES string of the molecule is O=C(Nc1ccc(Cl)cn1)c1ccccc1NC(=O)C1COc2ccccc21. The highest BCUT2D eigenvalue weighted by molar-refractivity contribution is 6.30. The molecule has 0 radical (unpaired) electrons. The van der Waals surface area contributed by atoms with Crippen LogP contribution in [0.2, 0.25) is 5.02 Å². The zero-order chi connectivity index (χ0) is 19.5. The Bertz CT molecular complexity index is 1040. The molecule has 2 N–H and O–H groups in total. The number of halogens is 1. The van der Waals surface area contributed by atoms with Crippen molar-refractivity contribution >= 4 is 34.9 Å². The average molecular weight is 394 g/mol. The van der Waals surface area contributed by atoms with Gasteiger partial charge in [0.1, 0.15) is 24.1 Å². The number of rotatable bonds is 4. The summed E-state index contributed by atoms with van der Waals surface area (Å²) in [4.78, 5) is 29.5. The summed E-state index contributed by atoms with van der Waals surface area (Å²) >= 11 is 5.81. The molecule has 140 valence electrons. The van der Waals surface area contributed by atoms with Crippen molar-refractivity contribution in [1.29, 1.82) is 0 Å². The van der Waals surface area contributed by atoms with E-state index in [9.17, 15) is 9.59 Å². The van der Waals surface area contributed by atoms with Gasteiger partial charge in [0, 0.05) is 11.8 Å². The zero-order valence-corrected chi connectivity index (χ0v) is 15.4. The van der Waals surface area contributed by atoms with Crippen LogP contribution in [-0.4, -0.2) is 23.4 Å². The molecule has 3 aromatic rings. The van der Waals surface area contributed by atoms with Crippen LogP contribution in [0.1, 0.15) is 21.8 Å². The lowest BCUT2D eigenvalue weighted by atomic mass is 10.00. The van der Waals surface area contributed by atoms with Gasteiger partial charge in [-0.3, -0.25) is 9.59 Å². The molecule has 6 nitrogen and oxygen atoms in total. The number of carbonyl (C=O) groups excluding carboxylic acids is 2. The first-order valence-corrected chi connectivity index (χ1v) is 9.04. The topological polar surface area (TPSA) is 80.3 Å². The van der Waals surface area contributed by atoms with E-state index in [0.29, 0.717) is 27.8 Å². The van der Waals surface area contributed by atoms with E-state index in [-0.39, 0.29) is 18.4 Å². The molecular formula is C21H16ClN3O3. The molecule has 1 aliphatic rings. The lowest BCUT2D eigenvalue weighted by Crippen LogP contribution is -2.24. The number of nitrogens with one attached hydrogen (secondary N) is 2. The van der Waals surface area contributed by atoms with Crippen LogP contribution >= 0.6 is 11.6 Å². The zero-order valence-electron chi connectivity index (χ0n) is 14.7.